The minimum atomic E-state index is -0.290. The number of carbonyl (C=O) groups excluding carboxylic acids is 1. The highest BCUT2D eigenvalue weighted by Gasteiger charge is 2.08. The maximum absolute atomic E-state index is 11.5. The summed E-state index contributed by atoms with van der Waals surface area (Å²) in [4.78, 5) is 11.5. The molecule has 0 aliphatic heterocycles. The van der Waals surface area contributed by atoms with Crippen LogP contribution in [0.5, 0.6) is 0 Å². The lowest BCUT2D eigenvalue weighted by molar-refractivity contribution is 0.0526. The van der Waals surface area contributed by atoms with E-state index in [1.165, 1.54) is 0 Å². The normalized spacial score (nSPS) is 10.2. The molecule has 2 heteroatoms. The highest BCUT2D eigenvalue weighted by molar-refractivity contribution is 5.93. The lowest BCUT2D eigenvalue weighted by Gasteiger charge is -2.04. The Balaban J connectivity index is 3.00. The van der Waals surface area contributed by atoms with Gasteiger partial charge in [0.15, 0.2) is 0 Å². The summed E-state index contributed by atoms with van der Waals surface area (Å²) in [5, 5.41) is 0. The van der Waals surface area contributed by atoms with E-state index < -0.39 is 0 Å². The molecule has 0 aliphatic rings. The van der Waals surface area contributed by atoms with Crippen LogP contribution in [-0.4, -0.2) is 12.6 Å². The summed E-state index contributed by atoms with van der Waals surface area (Å²) in [6, 6.07) is 7.32. The smallest absolute Gasteiger partial charge is 0.338 e. The second kappa shape index (κ2) is 5.81. The largest absolute Gasteiger partial charge is 0.462 e. The molecule has 0 saturated heterocycles. The number of hydrogen-bond acceptors (Lipinski definition) is 2. The lowest BCUT2D eigenvalue weighted by atomic mass is 10.1. The van der Waals surface area contributed by atoms with Crippen molar-refractivity contribution < 1.29 is 9.53 Å². The summed E-state index contributed by atoms with van der Waals surface area (Å²) in [7, 11) is 0. The van der Waals surface area contributed by atoms with Crippen LogP contribution >= 0.6 is 0 Å². The zero-order chi connectivity index (χ0) is 11.1. The van der Waals surface area contributed by atoms with E-state index in [9.17, 15) is 4.79 Å². The van der Waals surface area contributed by atoms with E-state index in [4.69, 9.17) is 4.74 Å². The van der Waals surface area contributed by atoms with Crippen LogP contribution in [0.25, 0.3) is 6.08 Å². The van der Waals surface area contributed by atoms with Gasteiger partial charge in [0.2, 0.25) is 0 Å². The van der Waals surface area contributed by atoms with Crippen molar-refractivity contribution in [2.45, 2.75) is 6.92 Å². The first-order valence-corrected chi connectivity index (χ1v) is 4.84. The first kappa shape index (κ1) is 11.2. The van der Waals surface area contributed by atoms with E-state index in [0.717, 1.165) is 5.56 Å². The SMILES string of the molecule is C=C/C=C/c1ccccc1C(=O)OCC. The molecular weight excluding hydrogens is 188 g/mol. The number of carbonyl (C=O) groups is 1. The van der Waals surface area contributed by atoms with Gasteiger partial charge < -0.3 is 4.74 Å². The molecule has 1 aromatic carbocycles. The molecule has 0 unspecified atom stereocenters. The van der Waals surface area contributed by atoms with E-state index in [0.29, 0.717) is 12.2 Å². The van der Waals surface area contributed by atoms with Gasteiger partial charge in [-0.2, -0.15) is 0 Å². The van der Waals surface area contributed by atoms with Crippen LogP contribution in [-0.2, 0) is 4.74 Å². The summed E-state index contributed by atoms with van der Waals surface area (Å²) in [5.74, 6) is -0.290. The summed E-state index contributed by atoms with van der Waals surface area (Å²) >= 11 is 0. The fourth-order valence-corrected chi connectivity index (χ4v) is 1.21. The molecule has 78 valence electrons. The summed E-state index contributed by atoms with van der Waals surface area (Å²) in [6.07, 6.45) is 5.29. The van der Waals surface area contributed by atoms with Crippen LogP contribution in [0.1, 0.15) is 22.8 Å². The fourth-order valence-electron chi connectivity index (χ4n) is 1.21. The van der Waals surface area contributed by atoms with E-state index in [1.54, 1.807) is 25.1 Å². The maximum Gasteiger partial charge on any atom is 0.338 e. The summed E-state index contributed by atoms with van der Waals surface area (Å²) in [6.45, 7) is 5.76. The van der Waals surface area contributed by atoms with Crippen molar-refractivity contribution in [2.24, 2.45) is 0 Å². The Kier molecular flexibility index (Phi) is 4.35. The molecule has 1 aromatic rings. The van der Waals surface area contributed by atoms with Gasteiger partial charge in [-0.05, 0) is 18.6 Å². The van der Waals surface area contributed by atoms with Gasteiger partial charge in [-0.1, -0.05) is 43.0 Å². The Bertz CT molecular complexity index is 378. The predicted octanol–water partition coefficient (Wildman–Crippen LogP) is 3.06. The minimum Gasteiger partial charge on any atom is -0.462 e. The number of allylic oxidation sites excluding steroid dienone is 2. The van der Waals surface area contributed by atoms with Crippen molar-refractivity contribution in [3.63, 3.8) is 0 Å². The van der Waals surface area contributed by atoms with Gasteiger partial charge in [-0.3, -0.25) is 0 Å². The second-order valence-electron chi connectivity index (χ2n) is 2.90. The molecule has 0 aliphatic carbocycles. The maximum atomic E-state index is 11.5. The average Bonchev–Trinajstić information content (AvgIpc) is 2.27. The van der Waals surface area contributed by atoms with E-state index in [1.807, 2.05) is 24.3 Å². The quantitative estimate of drug-likeness (QED) is 0.554. The van der Waals surface area contributed by atoms with Crippen molar-refractivity contribution in [1.82, 2.24) is 0 Å². The number of ether oxygens (including phenoxy) is 1. The van der Waals surface area contributed by atoms with Crippen molar-refractivity contribution in [1.29, 1.82) is 0 Å². The third-order valence-corrected chi connectivity index (χ3v) is 1.87. The molecule has 0 spiro atoms. The zero-order valence-corrected chi connectivity index (χ0v) is 8.77. The molecule has 0 fully saturated rings. The van der Waals surface area contributed by atoms with Crippen molar-refractivity contribution >= 4 is 12.0 Å². The van der Waals surface area contributed by atoms with Crippen LogP contribution in [0, 0.1) is 0 Å². The molecule has 0 radical (unpaired) electrons. The number of benzene rings is 1. The standard InChI is InChI=1S/C13H14O2/c1-3-5-8-11-9-6-7-10-12(11)13(14)15-4-2/h3,5-10H,1,4H2,2H3/b8-5+. The summed E-state index contributed by atoms with van der Waals surface area (Å²) in [5.41, 5.74) is 1.42. The van der Waals surface area contributed by atoms with Crippen molar-refractivity contribution in [3.05, 3.63) is 54.1 Å². The lowest BCUT2D eigenvalue weighted by Crippen LogP contribution is -2.06. The van der Waals surface area contributed by atoms with Gasteiger partial charge in [0.05, 0.1) is 12.2 Å². The van der Waals surface area contributed by atoms with Crippen LogP contribution in [0.15, 0.2) is 43.0 Å². The Morgan fingerprint density at radius 2 is 2.20 bits per heavy atom. The van der Waals surface area contributed by atoms with Crippen LogP contribution in [0.4, 0.5) is 0 Å². The molecule has 0 heterocycles. The Labute approximate surface area is 89.9 Å². The molecule has 0 bridgehead atoms. The van der Waals surface area contributed by atoms with E-state index >= 15 is 0 Å². The van der Waals surface area contributed by atoms with Crippen LogP contribution < -0.4 is 0 Å². The van der Waals surface area contributed by atoms with Gasteiger partial charge in [0, 0.05) is 0 Å². The van der Waals surface area contributed by atoms with Gasteiger partial charge in [-0.15, -0.1) is 0 Å². The minimum absolute atomic E-state index is 0.290. The molecule has 0 atom stereocenters. The highest BCUT2D eigenvalue weighted by Crippen LogP contribution is 2.12. The molecule has 0 saturated carbocycles. The predicted molar refractivity (Wildman–Crippen MR) is 61.6 cm³/mol. The van der Waals surface area contributed by atoms with E-state index in [2.05, 4.69) is 6.58 Å². The molecule has 0 N–H and O–H groups in total. The third kappa shape index (κ3) is 3.09. The van der Waals surface area contributed by atoms with Gasteiger partial charge in [0.25, 0.3) is 0 Å². The van der Waals surface area contributed by atoms with Crippen LogP contribution in [0.3, 0.4) is 0 Å². The van der Waals surface area contributed by atoms with Gasteiger partial charge in [-0.25, -0.2) is 4.79 Å². The monoisotopic (exact) mass is 202 g/mol. The van der Waals surface area contributed by atoms with E-state index in [-0.39, 0.29) is 5.97 Å². The first-order valence-electron chi connectivity index (χ1n) is 4.84. The summed E-state index contributed by atoms with van der Waals surface area (Å²) < 4.78 is 4.95. The molecule has 15 heavy (non-hydrogen) atoms. The molecule has 1 rings (SSSR count). The molecule has 2 nitrogen and oxygen atoms in total. The first-order chi connectivity index (χ1) is 7.29. The fraction of sp³-hybridized carbons (Fsp3) is 0.154. The van der Waals surface area contributed by atoms with Crippen molar-refractivity contribution in [3.8, 4) is 0 Å². The Morgan fingerprint density at radius 1 is 1.47 bits per heavy atom. The second-order valence-corrected chi connectivity index (χ2v) is 2.90. The zero-order valence-electron chi connectivity index (χ0n) is 8.77. The average molecular weight is 202 g/mol. The topological polar surface area (TPSA) is 26.3 Å². The van der Waals surface area contributed by atoms with Crippen molar-refractivity contribution in [2.75, 3.05) is 6.61 Å². The van der Waals surface area contributed by atoms with Crippen LogP contribution in [0.2, 0.25) is 0 Å². The van der Waals surface area contributed by atoms with Gasteiger partial charge >= 0.3 is 5.97 Å². The third-order valence-electron chi connectivity index (χ3n) is 1.87. The Hall–Kier alpha value is -1.83. The molecular formula is C13H14O2. The number of hydrogen-bond donors (Lipinski definition) is 0. The molecule has 0 amide bonds. The number of rotatable bonds is 4. The Morgan fingerprint density at radius 3 is 2.87 bits per heavy atom. The molecule has 0 aromatic heterocycles. The highest BCUT2D eigenvalue weighted by atomic mass is 16.5. The number of esters is 1. The van der Waals surface area contributed by atoms with Gasteiger partial charge in [0.1, 0.15) is 0 Å².